The van der Waals surface area contributed by atoms with E-state index >= 15 is 0 Å². The topological polar surface area (TPSA) is 60.2 Å². The van der Waals surface area contributed by atoms with Crippen molar-refractivity contribution in [1.82, 2.24) is 15.5 Å². The SMILES string of the molecule is C1CCC(c2noc(C3CCNC3)n2)OC1. The fourth-order valence-corrected chi connectivity index (χ4v) is 2.35. The molecule has 3 heterocycles. The van der Waals surface area contributed by atoms with Crippen LogP contribution in [0.25, 0.3) is 0 Å². The van der Waals surface area contributed by atoms with Crippen LogP contribution in [0.15, 0.2) is 4.52 Å². The van der Waals surface area contributed by atoms with Gasteiger partial charge in [-0.1, -0.05) is 5.16 Å². The third-order valence-corrected chi connectivity index (χ3v) is 3.33. The van der Waals surface area contributed by atoms with Crippen LogP contribution in [0.5, 0.6) is 0 Å². The van der Waals surface area contributed by atoms with Crippen LogP contribution in [0, 0.1) is 0 Å². The second-order valence-electron chi connectivity index (χ2n) is 4.54. The van der Waals surface area contributed by atoms with Crippen LogP contribution >= 0.6 is 0 Å². The standard InChI is InChI=1S/C11H17N3O2/c1-2-6-15-9(3-1)10-13-11(16-14-10)8-4-5-12-7-8/h8-9,12H,1-7H2. The molecule has 0 saturated carbocycles. The normalized spacial score (nSPS) is 30.8. The summed E-state index contributed by atoms with van der Waals surface area (Å²) in [6.07, 6.45) is 4.50. The van der Waals surface area contributed by atoms with Crippen LogP contribution in [0.2, 0.25) is 0 Å². The summed E-state index contributed by atoms with van der Waals surface area (Å²) in [7, 11) is 0. The molecule has 0 amide bonds. The van der Waals surface area contributed by atoms with E-state index in [1.54, 1.807) is 0 Å². The Hall–Kier alpha value is -0.940. The summed E-state index contributed by atoms with van der Waals surface area (Å²) in [5, 5.41) is 7.35. The molecule has 5 nitrogen and oxygen atoms in total. The van der Waals surface area contributed by atoms with E-state index in [0.717, 1.165) is 50.7 Å². The molecule has 16 heavy (non-hydrogen) atoms. The highest BCUT2D eigenvalue weighted by Crippen LogP contribution is 2.28. The molecule has 2 unspecified atom stereocenters. The minimum Gasteiger partial charge on any atom is -0.370 e. The highest BCUT2D eigenvalue weighted by molar-refractivity contribution is 5.00. The van der Waals surface area contributed by atoms with Gasteiger partial charge in [0.15, 0.2) is 0 Å². The minimum absolute atomic E-state index is 0.0561. The maximum Gasteiger partial charge on any atom is 0.231 e. The molecule has 2 fully saturated rings. The molecule has 0 spiro atoms. The van der Waals surface area contributed by atoms with Crippen molar-refractivity contribution in [3.8, 4) is 0 Å². The van der Waals surface area contributed by atoms with Crippen molar-refractivity contribution < 1.29 is 9.26 Å². The van der Waals surface area contributed by atoms with Crippen LogP contribution < -0.4 is 5.32 Å². The molecule has 88 valence electrons. The highest BCUT2D eigenvalue weighted by Gasteiger charge is 2.26. The Morgan fingerprint density at radius 2 is 2.25 bits per heavy atom. The second kappa shape index (κ2) is 4.51. The number of rotatable bonds is 2. The zero-order chi connectivity index (χ0) is 10.8. The van der Waals surface area contributed by atoms with Gasteiger partial charge in [-0.25, -0.2) is 0 Å². The molecule has 1 aromatic heterocycles. The molecule has 2 aliphatic rings. The maximum absolute atomic E-state index is 5.64. The smallest absolute Gasteiger partial charge is 0.231 e. The van der Waals surface area contributed by atoms with Crippen LogP contribution in [0.1, 0.15) is 49.4 Å². The monoisotopic (exact) mass is 223 g/mol. The Balaban J connectivity index is 1.71. The summed E-state index contributed by atoms with van der Waals surface area (Å²) >= 11 is 0. The van der Waals surface area contributed by atoms with Gasteiger partial charge in [0.25, 0.3) is 0 Å². The van der Waals surface area contributed by atoms with Crippen molar-refractivity contribution in [2.45, 2.75) is 37.7 Å². The van der Waals surface area contributed by atoms with E-state index in [2.05, 4.69) is 15.5 Å². The van der Waals surface area contributed by atoms with Crippen molar-refractivity contribution in [1.29, 1.82) is 0 Å². The number of ether oxygens (including phenoxy) is 1. The van der Waals surface area contributed by atoms with Gasteiger partial charge in [-0.3, -0.25) is 0 Å². The van der Waals surface area contributed by atoms with Crippen LogP contribution in [0.3, 0.4) is 0 Å². The lowest BCUT2D eigenvalue weighted by atomic mass is 10.1. The summed E-state index contributed by atoms with van der Waals surface area (Å²) in [4.78, 5) is 4.47. The van der Waals surface area contributed by atoms with E-state index < -0.39 is 0 Å². The van der Waals surface area contributed by atoms with Gasteiger partial charge in [0.05, 0.1) is 5.92 Å². The molecule has 2 atom stereocenters. The number of nitrogens with zero attached hydrogens (tertiary/aromatic N) is 2. The minimum atomic E-state index is 0.0561. The predicted molar refractivity (Wildman–Crippen MR) is 57.1 cm³/mol. The van der Waals surface area contributed by atoms with Crippen molar-refractivity contribution >= 4 is 0 Å². The zero-order valence-electron chi connectivity index (χ0n) is 9.32. The molecule has 1 N–H and O–H groups in total. The number of hydrogen-bond acceptors (Lipinski definition) is 5. The number of hydrogen-bond donors (Lipinski definition) is 1. The molecule has 0 bridgehead atoms. The Bertz CT molecular complexity index is 341. The van der Waals surface area contributed by atoms with Crippen molar-refractivity contribution in [3.05, 3.63) is 11.7 Å². The average Bonchev–Trinajstić information content (AvgIpc) is 3.01. The average molecular weight is 223 g/mol. The lowest BCUT2D eigenvalue weighted by molar-refractivity contribution is 0.00821. The van der Waals surface area contributed by atoms with Gasteiger partial charge in [0.2, 0.25) is 11.7 Å². The Labute approximate surface area is 94.6 Å². The molecule has 0 radical (unpaired) electrons. The summed E-state index contributed by atoms with van der Waals surface area (Å²) in [5.41, 5.74) is 0. The first-order valence-corrected chi connectivity index (χ1v) is 6.09. The molecule has 1 aromatic rings. The van der Waals surface area contributed by atoms with E-state index in [4.69, 9.17) is 9.26 Å². The van der Waals surface area contributed by atoms with Crippen molar-refractivity contribution in [2.75, 3.05) is 19.7 Å². The highest BCUT2D eigenvalue weighted by atomic mass is 16.5. The maximum atomic E-state index is 5.64. The first-order chi connectivity index (χ1) is 7.93. The van der Waals surface area contributed by atoms with Crippen LogP contribution in [-0.4, -0.2) is 29.8 Å². The summed E-state index contributed by atoms with van der Waals surface area (Å²) in [6, 6.07) is 0. The Morgan fingerprint density at radius 1 is 1.25 bits per heavy atom. The van der Waals surface area contributed by atoms with Crippen LogP contribution in [0.4, 0.5) is 0 Å². The van der Waals surface area contributed by atoms with Crippen molar-refractivity contribution in [3.63, 3.8) is 0 Å². The van der Waals surface area contributed by atoms with Crippen LogP contribution in [-0.2, 0) is 4.74 Å². The van der Waals surface area contributed by atoms with Crippen molar-refractivity contribution in [2.24, 2.45) is 0 Å². The Morgan fingerprint density at radius 3 is 3.00 bits per heavy atom. The molecule has 0 aliphatic carbocycles. The van der Waals surface area contributed by atoms with Gasteiger partial charge in [0.1, 0.15) is 6.10 Å². The van der Waals surface area contributed by atoms with E-state index in [0.29, 0.717) is 5.92 Å². The number of nitrogens with one attached hydrogen (secondary N) is 1. The van der Waals surface area contributed by atoms with Gasteiger partial charge >= 0.3 is 0 Å². The fourth-order valence-electron chi connectivity index (χ4n) is 2.35. The summed E-state index contributed by atoms with van der Waals surface area (Å²) < 4.78 is 11.0. The first-order valence-electron chi connectivity index (χ1n) is 6.09. The third-order valence-electron chi connectivity index (χ3n) is 3.33. The third kappa shape index (κ3) is 1.97. The molecule has 2 saturated heterocycles. The Kier molecular flexibility index (Phi) is 2.88. The van der Waals surface area contributed by atoms with Gasteiger partial charge in [-0.2, -0.15) is 4.98 Å². The largest absolute Gasteiger partial charge is 0.370 e. The van der Waals surface area contributed by atoms with Gasteiger partial charge < -0.3 is 14.6 Å². The molecular weight excluding hydrogens is 206 g/mol. The quantitative estimate of drug-likeness (QED) is 0.821. The van der Waals surface area contributed by atoms with Gasteiger partial charge in [0, 0.05) is 13.2 Å². The summed E-state index contributed by atoms with van der Waals surface area (Å²) in [6.45, 7) is 2.81. The van der Waals surface area contributed by atoms with Gasteiger partial charge in [-0.05, 0) is 32.2 Å². The fraction of sp³-hybridized carbons (Fsp3) is 0.818. The summed E-state index contributed by atoms with van der Waals surface area (Å²) in [5.74, 6) is 1.90. The molecule has 5 heteroatoms. The molecule has 0 aromatic carbocycles. The zero-order valence-corrected chi connectivity index (χ0v) is 9.32. The first kappa shape index (κ1) is 10.2. The second-order valence-corrected chi connectivity index (χ2v) is 4.54. The molecule has 2 aliphatic heterocycles. The van der Waals surface area contributed by atoms with E-state index in [-0.39, 0.29) is 6.10 Å². The predicted octanol–water partition coefficient (Wildman–Crippen LogP) is 1.39. The van der Waals surface area contributed by atoms with E-state index in [1.165, 1.54) is 6.42 Å². The number of aromatic nitrogens is 2. The van der Waals surface area contributed by atoms with E-state index in [9.17, 15) is 0 Å². The van der Waals surface area contributed by atoms with E-state index in [1.807, 2.05) is 0 Å². The van der Waals surface area contributed by atoms with Gasteiger partial charge in [-0.15, -0.1) is 0 Å². The molecular formula is C11H17N3O2. The molecule has 3 rings (SSSR count). The lowest BCUT2D eigenvalue weighted by Gasteiger charge is -2.18. The lowest BCUT2D eigenvalue weighted by Crippen LogP contribution is -2.13.